The van der Waals surface area contributed by atoms with Crippen LogP contribution in [0.25, 0.3) is 0 Å². The van der Waals surface area contributed by atoms with E-state index in [1.807, 2.05) is 6.92 Å². The van der Waals surface area contributed by atoms with Gasteiger partial charge in [-0.15, -0.1) is 0 Å². The fourth-order valence-electron chi connectivity index (χ4n) is 3.02. The van der Waals surface area contributed by atoms with Crippen molar-refractivity contribution in [3.8, 4) is 11.5 Å². The topological polar surface area (TPSA) is 94.1 Å². The Morgan fingerprint density at radius 2 is 2.04 bits per heavy atom. The molecular weight excluding hydrogens is 326 g/mol. The third-order valence-corrected chi connectivity index (χ3v) is 4.36. The Balaban J connectivity index is 2.18. The number of carboxylic acid groups (broad SMARTS) is 1. The van der Waals surface area contributed by atoms with Crippen molar-refractivity contribution < 1.29 is 28.9 Å². The molecule has 1 heterocycles. The number of nitrogens with one attached hydrogen (secondary N) is 1. The van der Waals surface area contributed by atoms with Gasteiger partial charge >= 0.3 is 5.97 Å². The maximum absolute atomic E-state index is 12.6. The van der Waals surface area contributed by atoms with Crippen molar-refractivity contribution in [1.29, 1.82) is 0 Å². The molecule has 1 amide bonds. The van der Waals surface area contributed by atoms with Crippen molar-refractivity contribution in [2.75, 3.05) is 20.8 Å². The molecule has 0 spiro atoms. The highest BCUT2D eigenvalue weighted by Gasteiger charge is 2.28. The second-order valence-corrected chi connectivity index (χ2v) is 6.18. The molecule has 3 unspecified atom stereocenters. The molecule has 0 aliphatic carbocycles. The molecule has 1 aromatic carbocycles. The van der Waals surface area contributed by atoms with Crippen LogP contribution >= 0.6 is 0 Å². The predicted octanol–water partition coefficient (Wildman–Crippen LogP) is 2.15. The minimum Gasteiger partial charge on any atom is -0.493 e. The van der Waals surface area contributed by atoms with Crippen LogP contribution in [0.15, 0.2) is 18.2 Å². The van der Waals surface area contributed by atoms with Gasteiger partial charge in [0.15, 0.2) is 11.5 Å². The molecule has 7 nitrogen and oxygen atoms in total. The van der Waals surface area contributed by atoms with Crippen molar-refractivity contribution in [3.63, 3.8) is 0 Å². The van der Waals surface area contributed by atoms with Gasteiger partial charge < -0.3 is 24.6 Å². The lowest BCUT2D eigenvalue weighted by Crippen LogP contribution is -2.39. The lowest BCUT2D eigenvalue weighted by molar-refractivity contribution is -0.138. The third-order valence-electron chi connectivity index (χ3n) is 4.36. The average molecular weight is 351 g/mol. The number of benzene rings is 1. The zero-order valence-corrected chi connectivity index (χ0v) is 14.8. The quantitative estimate of drug-likeness (QED) is 0.782. The number of amides is 1. The first-order valence-electron chi connectivity index (χ1n) is 8.30. The molecule has 2 N–H and O–H groups in total. The molecular formula is C18H25NO6. The van der Waals surface area contributed by atoms with Gasteiger partial charge in [-0.25, -0.2) is 0 Å². The van der Waals surface area contributed by atoms with Gasteiger partial charge in [-0.2, -0.15) is 0 Å². The summed E-state index contributed by atoms with van der Waals surface area (Å²) >= 11 is 0. The van der Waals surface area contributed by atoms with Crippen molar-refractivity contribution in [1.82, 2.24) is 5.32 Å². The molecule has 1 fully saturated rings. The summed E-state index contributed by atoms with van der Waals surface area (Å²) in [5, 5.41) is 12.1. The van der Waals surface area contributed by atoms with Crippen LogP contribution in [0.2, 0.25) is 0 Å². The van der Waals surface area contributed by atoms with E-state index in [0.29, 0.717) is 36.5 Å². The molecule has 25 heavy (non-hydrogen) atoms. The van der Waals surface area contributed by atoms with Crippen molar-refractivity contribution in [3.05, 3.63) is 23.8 Å². The molecule has 1 aromatic rings. The Labute approximate surface area is 147 Å². The van der Waals surface area contributed by atoms with E-state index >= 15 is 0 Å². The van der Waals surface area contributed by atoms with Gasteiger partial charge in [0.1, 0.15) is 0 Å². The Morgan fingerprint density at radius 1 is 1.32 bits per heavy atom. The number of rotatable bonds is 7. The summed E-state index contributed by atoms with van der Waals surface area (Å²) < 4.78 is 15.9. The molecule has 1 aliphatic rings. The molecule has 0 saturated carbocycles. The number of ether oxygens (including phenoxy) is 3. The standard InChI is InChI=1S/C18H25NO6/c1-11-8-13(6-7-25-11)18(22)19-14(10-17(20)21)12-4-5-15(23-2)16(9-12)24-3/h4-5,9,11,13-14H,6-8,10H2,1-3H3,(H,19,22)(H,20,21). The number of hydrogen-bond acceptors (Lipinski definition) is 5. The molecule has 0 bridgehead atoms. The van der Waals surface area contributed by atoms with Gasteiger partial charge in [0.05, 0.1) is 32.8 Å². The summed E-state index contributed by atoms with van der Waals surface area (Å²) in [4.78, 5) is 23.8. The SMILES string of the molecule is COc1ccc(C(CC(=O)O)NC(=O)C2CCOC(C)C2)cc1OC. The van der Waals surface area contributed by atoms with Crippen LogP contribution in [-0.2, 0) is 14.3 Å². The van der Waals surface area contributed by atoms with E-state index in [-0.39, 0.29) is 24.3 Å². The Kier molecular flexibility index (Phi) is 6.64. The molecule has 7 heteroatoms. The summed E-state index contributed by atoms with van der Waals surface area (Å²) in [5.74, 6) is -0.258. The molecule has 1 saturated heterocycles. The summed E-state index contributed by atoms with van der Waals surface area (Å²) in [6.45, 7) is 2.47. The number of carboxylic acids is 1. The monoisotopic (exact) mass is 351 g/mol. The Bertz CT molecular complexity index is 618. The highest BCUT2D eigenvalue weighted by atomic mass is 16.5. The van der Waals surface area contributed by atoms with E-state index in [4.69, 9.17) is 14.2 Å². The highest BCUT2D eigenvalue weighted by Crippen LogP contribution is 2.31. The van der Waals surface area contributed by atoms with Gasteiger partial charge in [-0.3, -0.25) is 9.59 Å². The number of carbonyl (C=O) groups excluding carboxylic acids is 1. The predicted molar refractivity (Wildman–Crippen MR) is 90.8 cm³/mol. The van der Waals surface area contributed by atoms with Crippen LogP contribution in [0.5, 0.6) is 11.5 Å². The van der Waals surface area contributed by atoms with Gasteiger partial charge in [0.25, 0.3) is 0 Å². The smallest absolute Gasteiger partial charge is 0.305 e. The van der Waals surface area contributed by atoms with Crippen LogP contribution < -0.4 is 14.8 Å². The number of hydrogen-bond donors (Lipinski definition) is 2. The lowest BCUT2D eigenvalue weighted by atomic mass is 9.94. The normalized spacial score (nSPS) is 21.2. The third kappa shape index (κ3) is 5.09. The molecule has 2 rings (SSSR count). The molecule has 3 atom stereocenters. The number of aliphatic carboxylic acids is 1. The maximum atomic E-state index is 12.6. The molecule has 138 valence electrons. The molecule has 0 radical (unpaired) electrons. The van der Waals surface area contributed by atoms with Crippen molar-refractivity contribution in [2.24, 2.45) is 5.92 Å². The Morgan fingerprint density at radius 3 is 2.64 bits per heavy atom. The largest absolute Gasteiger partial charge is 0.493 e. The van der Waals surface area contributed by atoms with Crippen LogP contribution in [-0.4, -0.2) is 43.9 Å². The second-order valence-electron chi connectivity index (χ2n) is 6.18. The van der Waals surface area contributed by atoms with Gasteiger partial charge in [0.2, 0.25) is 5.91 Å². The second kappa shape index (κ2) is 8.71. The van der Waals surface area contributed by atoms with Gasteiger partial charge in [-0.05, 0) is 37.5 Å². The first-order valence-corrected chi connectivity index (χ1v) is 8.30. The summed E-state index contributed by atoms with van der Waals surface area (Å²) in [5.41, 5.74) is 0.661. The van der Waals surface area contributed by atoms with E-state index in [1.165, 1.54) is 14.2 Å². The fourth-order valence-corrected chi connectivity index (χ4v) is 3.02. The van der Waals surface area contributed by atoms with E-state index in [9.17, 15) is 14.7 Å². The molecule has 1 aliphatic heterocycles. The average Bonchev–Trinajstić information content (AvgIpc) is 2.60. The maximum Gasteiger partial charge on any atom is 0.305 e. The van der Waals surface area contributed by atoms with Gasteiger partial charge in [0, 0.05) is 12.5 Å². The molecule has 0 aromatic heterocycles. The van der Waals surface area contributed by atoms with Crippen LogP contribution in [0.4, 0.5) is 0 Å². The summed E-state index contributed by atoms with van der Waals surface area (Å²) in [7, 11) is 3.04. The van der Waals surface area contributed by atoms with E-state index in [1.54, 1.807) is 18.2 Å². The van der Waals surface area contributed by atoms with Crippen LogP contribution in [0.1, 0.15) is 37.8 Å². The minimum absolute atomic E-state index is 0.0310. The summed E-state index contributed by atoms with van der Waals surface area (Å²) in [6.07, 6.45) is 1.10. The lowest BCUT2D eigenvalue weighted by Gasteiger charge is -2.28. The fraction of sp³-hybridized carbons (Fsp3) is 0.556. The zero-order valence-electron chi connectivity index (χ0n) is 14.8. The number of methoxy groups -OCH3 is 2. The zero-order chi connectivity index (χ0) is 18.4. The Hall–Kier alpha value is -2.28. The van der Waals surface area contributed by atoms with Crippen molar-refractivity contribution in [2.45, 2.75) is 38.3 Å². The van der Waals surface area contributed by atoms with Gasteiger partial charge in [-0.1, -0.05) is 6.07 Å². The first kappa shape index (κ1) is 19.1. The summed E-state index contributed by atoms with van der Waals surface area (Å²) in [6, 6.07) is 4.50. The van der Waals surface area contributed by atoms with Crippen molar-refractivity contribution >= 4 is 11.9 Å². The van der Waals surface area contributed by atoms with Crippen LogP contribution in [0, 0.1) is 5.92 Å². The van der Waals surface area contributed by atoms with Crippen LogP contribution in [0.3, 0.4) is 0 Å². The number of carbonyl (C=O) groups is 2. The van der Waals surface area contributed by atoms with E-state index in [2.05, 4.69) is 5.32 Å². The van der Waals surface area contributed by atoms with E-state index in [0.717, 1.165) is 0 Å². The minimum atomic E-state index is -0.986. The van der Waals surface area contributed by atoms with E-state index < -0.39 is 12.0 Å². The first-order chi connectivity index (χ1) is 11.9. The highest BCUT2D eigenvalue weighted by molar-refractivity contribution is 5.80.